The molecule has 0 atom stereocenters. The number of hydrogen-bond acceptors (Lipinski definition) is 1. The van der Waals surface area contributed by atoms with Gasteiger partial charge in [-0.25, -0.2) is 0 Å². The Morgan fingerprint density at radius 3 is 2.44 bits per heavy atom. The van der Waals surface area contributed by atoms with E-state index in [-0.39, 0.29) is 10.9 Å². The summed E-state index contributed by atoms with van der Waals surface area (Å²) in [6.45, 7) is 5.83. The van der Waals surface area contributed by atoms with Crippen molar-refractivity contribution in [3.05, 3.63) is 52.2 Å². The molecule has 0 bridgehead atoms. The van der Waals surface area contributed by atoms with Gasteiger partial charge in [0.25, 0.3) is 0 Å². The smallest absolute Gasteiger partial charge is 0.222 e. The lowest BCUT2D eigenvalue weighted by Crippen LogP contribution is -2.23. The molecule has 0 unspecified atom stereocenters. The maximum Gasteiger partial charge on any atom is 0.222 e. The highest BCUT2D eigenvalue weighted by Crippen LogP contribution is 2.11. The maximum absolute atomic E-state index is 11.3. The Labute approximate surface area is 97.5 Å². The molecule has 0 aliphatic carbocycles. The average molecular weight is 208 g/mol. The number of rotatable bonds is 0. The number of benzene rings is 1. The molecule has 2 radical (unpaired) electrons. The van der Waals surface area contributed by atoms with E-state index in [1.54, 1.807) is 0 Å². The van der Waals surface area contributed by atoms with Gasteiger partial charge in [-0.1, -0.05) is 38.1 Å². The van der Waals surface area contributed by atoms with Crippen molar-refractivity contribution in [2.24, 2.45) is 0 Å². The second-order valence-corrected chi connectivity index (χ2v) is 3.16. The quantitative estimate of drug-likeness (QED) is 0.604. The van der Waals surface area contributed by atoms with Crippen molar-refractivity contribution in [2.75, 3.05) is 0 Å². The fraction of sp³-hybridized carbons (Fsp3) is 0.214. The Kier molecular flexibility index (Phi) is 4.14. The molecule has 0 spiro atoms. The average Bonchev–Trinajstić information content (AvgIpc) is 2.46. The van der Waals surface area contributed by atoms with Gasteiger partial charge in [-0.3, -0.25) is 4.79 Å². The van der Waals surface area contributed by atoms with Crippen LogP contribution in [0.25, 0.3) is 10.8 Å². The van der Waals surface area contributed by atoms with Gasteiger partial charge in [0, 0.05) is 5.39 Å². The van der Waals surface area contributed by atoms with E-state index in [1.807, 2.05) is 45.0 Å². The van der Waals surface area contributed by atoms with Gasteiger partial charge in [0.2, 0.25) is 5.43 Å². The summed E-state index contributed by atoms with van der Waals surface area (Å²) in [7, 11) is 5.66. The Hall–Kier alpha value is -1.75. The van der Waals surface area contributed by atoms with Gasteiger partial charge < -0.3 is 0 Å². The molecular weight excluding hydrogens is 195 g/mol. The molecule has 0 heterocycles. The molecular formula is C14H13BO. The van der Waals surface area contributed by atoms with Crippen LogP contribution in [-0.2, 0) is 0 Å². The van der Waals surface area contributed by atoms with Gasteiger partial charge in [-0.2, -0.15) is 0 Å². The van der Waals surface area contributed by atoms with Crippen molar-refractivity contribution >= 4 is 24.1 Å². The largest absolute Gasteiger partial charge is 0.281 e. The van der Waals surface area contributed by atoms with Gasteiger partial charge in [-0.05, 0) is 35.5 Å². The van der Waals surface area contributed by atoms with Gasteiger partial charge >= 0.3 is 0 Å². The van der Waals surface area contributed by atoms with Gasteiger partial charge in [0.1, 0.15) is 7.85 Å². The normalized spacial score (nSPS) is 8.94. The van der Waals surface area contributed by atoms with Crippen LogP contribution in [0.15, 0.2) is 29.1 Å². The molecule has 0 aliphatic heterocycles. The third-order valence-electron chi connectivity index (χ3n) is 2.29. The summed E-state index contributed by atoms with van der Waals surface area (Å²) in [4.78, 5) is 11.3. The molecule has 78 valence electrons. The zero-order valence-corrected chi connectivity index (χ0v) is 9.79. The van der Waals surface area contributed by atoms with Crippen molar-refractivity contribution in [3.8, 4) is 0 Å². The second kappa shape index (κ2) is 5.37. The van der Waals surface area contributed by atoms with Crippen LogP contribution < -0.4 is 10.9 Å². The highest BCUT2D eigenvalue weighted by molar-refractivity contribution is 6.34. The summed E-state index contributed by atoms with van der Waals surface area (Å²) in [5.41, 5.74) is 0.754. The summed E-state index contributed by atoms with van der Waals surface area (Å²) >= 11 is 0. The molecule has 0 aliphatic rings. The minimum absolute atomic E-state index is 0.252. The first-order valence-electron chi connectivity index (χ1n) is 5.32. The van der Waals surface area contributed by atoms with Crippen LogP contribution in [0.4, 0.5) is 0 Å². The van der Waals surface area contributed by atoms with E-state index in [0.29, 0.717) is 0 Å². The Balaban J connectivity index is 0.000000606. The van der Waals surface area contributed by atoms with Crippen LogP contribution in [0, 0.1) is 19.1 Å². The predicted molar refractivity (Wildman–Crippen MR) is 69.4 cm³/mol. The zero-order valence-electron chi connectivity index (χ0n) is 9.79. The molecule has 1 nitrogen and oxygen atoms in total. The summed E-state index contributed by atoms with van der Waals surface area (Å²) in [6, 6.07) is 12.9. The lowest BCUT2D eigenvalue weighted by atomic mass is 9.91. The molecule has 0 N–H and O–H groups in total. The minimum atomic E-state index is -0.293. The number of fused-ring (bicyclic) bond motifs is 1. The minimum Gasteiger partial charge on any atom is -0.281 e. The van der Waals surface area contributed by atoms with Crippen molar-refractivity contribution in [3.63, 3.8) is 0 Å². The first-order valence-corrected chi connectivity index (χ1v) is 5.32. The van der Waals surface area contributed by atoms with Crippen LogP contribution in [0.2, 0.25) is 0 Å². The third-order valence-corrected chi connectivity index (χ3v) is 2.29. The highest BCUT2D eigenvalue weighted by atomic mass is 16.1. The van der Waals surface area contributed by atoms with E-state index in [4.69, 9.17) is 7.85 Å². The Bertz CT molecular complexity index is 547. The van der Waals surface area contributed by atoms with Crippen LogP contribution in [0.3, 0.4) is 0 Å². The van der Waals surface area contributed by atoms with Crippen molar-refractivity contribution in [1.82, 2.24) is 0 Å². The van der Waals surface area contributed by atoms with E-state index in [9.17, 15) is 4.79 Å². The monoisotopic (exact) mass is 208 g/mol. The molecule has 2 heteroatoms. The van der Waals surface area contributed by atoms with E-state index in [0.717, 1.165) is 16.3 Å². The van der Waals surface area contributed by atoms with Crippen LogP contribution in [-0.4, -0.2) is 7.85 Å². The molecule has 0 aromatic heterocycles. The fourth-order valence-corrected chi connectivity index (χ4v) is 1.43. The fourth-order valence-electron chi connectivity index (χ4n) is 1.43. The Morgan fingerprint density at radius 2 is 1.75 bits per heavy atom. The van der Waals surface area contributed by atoms with Crippen LogP contribution >= 0.6 is 0 Å². The SMILES string of the molecule is CC.[B]c1c(C)c2ccccc2c#cc1=O. The van der Waals surface area contributed by atoms with E-state index < -0.39 is 0 Å². The molecule has 0 amide bonds. The van der Waals surface area contributed by atoms with Gasteiger partial charge in [0.05, 0.1) is 0 Å². The number of aryl methyl sites for hydroxylation is 1. The van der Waals surface area contributed by atoms with Crippen molar-refractivity contribution in [2.45, 2.75) is 20.8 Å². The summed E-state index contributed by atoms with van der Waals surface area (Å²) in [5, 5.41) is 1.81. The lowest BCUT2D eigenvalue weighted by Gasteiger charge is -1.96. The maximum atomic E-state index is 11.3. The second-order valence-electron chi connectivity index (χ2n) is 3.16. The predicted octanol–water partition coefficient (Wildman–Crippen LogP) is 1.93. The summed E-state index contributed by atoms with van der Waals surface area (Å²) < 4.78 is 0. The van der Waals surface area contributed by atoms with E-state index in [2.05, 4.69) is 12.1 Å². The standard InChI is InChI=1S/C12H7BO.C2H6/c1-8-10-5-3-2-4-9(10)6-7-11(14)12(8)13;1-2/h2-5H,1H3;1-2H3. The van der Waals surface area contributed by atoms with E-state index >= 15 is 0 Å². The molecule has 0 saturated carbocycles. The summed E-state index contributed by atoms with van der Waals surface area (Å²) in [5.74, 6) is 0. The van der Waals surface area contributed by atoms with Gasteiger partial charge in [0.15, 0.2) is 0 Å². The van der Waals surface area contributed by atoms with Crippen molar-refractivity contribution < 1.29 is 0 Å². The third kappa shape index (κ3) is 2.25. The molecule has 2 rings (SSSR count). The van der Waals surface area contributed by atoms with Crippen molar-refractivity contribution in [1.29, 1.82) is 0 Å². The first-order chi connectivity index (χ1) is 7.70. The molecule has 2 aromatic rings. The van der Waals surface area contributed by atoms with E-state index in [1.165, 1.54) is 0 Å². The van der Waals surface area contributed by atoms with Crippen LogP contribution in [0.1, 0.15) is 19.4 Å². The first kappa shape index (κ1) is 12.3. The summed E-state index contributed by atoms with van der Waals surface area (Å²) in [6.07, 6.45) is 0. The highest BCUT2D eigenvalue weighted by Gasteiger charge is 1.99. The lowest BCUT2D eigenvalue weighted by molar-refractivity contribution is 1.50. The molecule has 16 heavy (non-hydrogen) atoms. The van der Waals surface area contributed by atoms with Gasteiger partial charge in [-0.15, -0.1) is 0 Å². The molecule has 0 fully saturated rings. The Morgan fingerprint density at radius 1 is 1.12 bits per heavy atom. The zero-order chi connectivity index (χ0) is 12.1. The number of hydrogen-bond donors (Lipinski definition) is 0. The van der Waals surface area contributed by atoms with Crippen LogP contribution in [0.5, 0.6) is 0 Å². The topological polar surface area (TPSA) is 17.1 Å². The molecule has 2 aromatic carbocycles. The molecule has 0 saturated heterocycles.